The predicted molar refractivity (Wildman–Crippen MR) is 93.9 cm³/mol. The summed E-state index contributed by atoms with van der Waals surface area (Å²) in [6, 6.07) is 6.10. The molecule has 1 aromatic carbocycles. The van der Waals surface area contributed by atoms with Gasteiger partial charge in [-0.05, 0) is 30.2 Å². The highest BCUT2D eigenvalue weighted by Crippen LogP contribution is 2.35. The Morgan fingerprint density at radius 1 is 1.36 bits per heavy atom. The number of hydrogen-bond acceptors (Lipinski definition) is 6. The predicted octanol–water partition coefficient (Wildman–Crippen LogP) is 2.07. The third-order valence-electron chi connectivity index (χ3n) is 3.97. The number of fused-ring (bicyclic) bond motifs is 1. The highest BCUT2D eigenvalue weighted by atomic mass is 19.1. The van der Waals surface area contributed by atoms with Crippen LogP contribution in [-0.2, 0) is 0 Å². The van der Waals surface area contributed by atoms with Gasteiger partial charge in [0.2, 0.25) is 0 Å². The van der Waals surface area contributed by atoms with E-state index >= 15 is 0 Å². The fraction of sp³-hybridized carbons (Fsp3) is 0.0588. The molecule has 0 radical (unpaired) electrons. The van der Waals surface area contributed by atoms with Crippen LogP contribution >= 0.6 is 0 Å². The Morgan fingerprint density at radius 3 is 2.72 bits per heavy atom. The van der Waals surface area contributed by atoms with Gasteiger partial charge >= 0.3 is 0 Å². The van der Waals surface area contributed by atoms with Crippen LogP contribution in [0, 0.1) is 29.5 Å². The summed E-state index contributed by atoms with van der Waals surface area (Å²) in [4.78, 5) is 19.1. The molecule has 8 heteroatoms. The molecule has 0 aliphatic rings. The third kappa shape index (κ3) is 2.38. The van der Waals surface area contributed by atoms with Crippen LogP contribution in [0.15, 0.2) is 23.0 Å². The van der Waals surface area contributed by atoms with E-state index in [9.17, 15) is 14.4 Å². The zero-order valence-corrected chi connectivity index (χ0v) is 13.1. The molecule has 6 N–H and O–H groups in total. The lowest BCUT2D eigenvalue weighted by Crippen LogP contribution is -2.15. The molecule has 0 aliphatic heterocycles. The van der Waals surface area contributed by atoms with Crippen LogP contribution in [0.4, 0.5) is 15.8 Å². The van der Waals surface area contributed by atoms with Gasteiger partial charge in [-0.3, -0.25) is 4.79 Å². The number of anilines is 2. The average molecular weight is 336 g/mol. The molecule has 0 fully saturated rings. The molecule has 0 unspecified atom stereocenters. The van der Waals surface area contributed by atoms with E-state index < -0.39 is 11.4 Å². The van der Waals surface area contributed by atoms with Crippen molar-refractivity contribution < 1.29 is 4.39 Å². The van der Waals surface area contributed by atoms with Gasteiger partial charge in [0.1, 0.15) is 23.3 Å². The minimum absolute atomic E-state index is 0.0829. The number of aromatic amines is 1. The molecule has 2 aromatic heterocycles. The van der Waals surface area contributed by atoms with Crippen molar-refractivity contribution in [2.24, 2.45) is 0 Å². The number of halogens is 1. The van der Waals surface area contributed by atoms with E-state index in [4.69, 9.17) is 16.9 Å². The molecule has 0 amide bonds. The molecule has 0 saturated carbocycles. The number of hydrogen-bond donors (Lipinski definition) is 4. The maximum atomic E-state index is 13.7. The molecule has 7 nitrogen and oxygen atoms in total. The Hall–Kier alpha value is -3.73. The summed E-state index contributed by atoms with van der Waals surface area (Å²) < 4.78 is 13.7. The van der Waals surface area contributed by atoms with Crippen LogP contribution in [0.2, 0.25) is 0 Å². The van der Waals surface area contributed by atoms with Gasteiger partial charge in [-0.15, -0.1) is 0 Å². The lowest BCUT2D eigenvalue weighted by molar-refractivity contribution is 0.632. The van der Waals surface area contributed by atoms with Gasteiger partial charge in [0, 0.05) is 17.3 Å². The van der Waals surface area contributed by atoms with Crippen LogP contribution in [0.3, 0.4) is 0 Å². The lowest BCUT2D eigenvalue weighted by Gasteiger charge is -2.14. The summed E-state index contributed by atoms with van der Waals surface area (Å²) in [6.07, 6.45) is 0.888. The number of nitrogens with zero attached hydrogens (tertiary/aromatic N) is 2. The fourth-order valence-corrected chi connectivity index (χ4v) is 2.70. The minimum atomic E-state index is -0.684. The van der Waals surface area contributed by atoms with E-state index in [1.54, 1.807) is 13.0 Å². The van der Waals surface area contributed by atoms with E-state index in [-0.39, 0.29) is 33.7 Å². The van der Waals surface area contributed by atoms with Gasteiger partial charge < -0.3 is 21.9 Å². The number of H-pyrrole nitrogens is 1. The topological polar surface area (TPSA) is 145 Å². The number of benzene rings is 1. The van der Waals surface area contributed by atoms with Gasteiger partial charge in [-0.25, -0.2) is 9.37 Å². The number of nitriles is 1. The molecule has 3 aromatic rings. The molecule has 25 heavy (non-hydrogen) atoms. The number of pyridine rings is 2. The fourth-order valence-electron chi connectivity index (χ4n) is 2.70. The largest absolute Gasteiger partial charge is 0.396 e. The third-order valence-corrected chi connectivity index (χ3v) is 3.97. The van der Waals surface area contributed by atoms with E-state index in [0.717, 1.165) is 12.3 Å². The number of nitrogens with two attached hydrogens (primary N) is 2. The van der Waals surface area contributed by atoms with Crippen molar-refractivity contribution in [3.8, 4) is 17.2 Å². The summed E-state index contributed by atoms with van der Waals surface area (Å²) >= 11 is 0. The molecule has 0 saturated heterocycles. The number of rotatable bonds is 2. The van der Waals surface area contributed by atoms with Crippen molar-refractivity contribution in [2.75, 3.05) is 11.5 Å². The number of nitrogens with one attached hydrogen (secondary N) is 2. The first-order valence-corrected chi connectivity index (χ1v) is 7.21. The highest BCUT2D eigenvalue weighted by Gasteiger charge is 2.19. The second-order valence-electron chi connectivity index (χ2n) is 5.47. The molecule has 0 bridgehead atoms. The summed E-state index contributed by atoms with van der Waals surface area (Å²) in [6.45, 7) is 1.69. The molecule has 0 spiro atoms. The molecular weight excluding hydrogens is 323 g/mol. The first kappa shape index (κ1) is 16.1. The summed E-state index contributed by atoms with van der Waals surface area (Å²) in [7, 11) is 0. The molecule has 124 valence electrons. The van der Waals surface area contributed by atoms with Crippen LogP contribution in [-0.4, -0.2) is 16.2 Å². The number of aryl methyl sites for hydroxylation is 1. The Bertz CT molecular complexity index is 1140. The van der Waals surface area contributed by atoms with Crippen molar-refractivity contribution in [1.29, 1.82) is 10.7 Å². The Balaban J connectivity index is 2.55. The molecular formula is C17H13FN6O. The van der Waals surface area contributed by atoms with Crippen molar-refractivity contribution in [2.45, 2.75) is 6.92 Å². The first-order chi connectivity index (χ1) is 11.9. The molecule has 0 atom stereocenters. The second kappa shape index (κ2) is 5.72. The van der Waals surface area contributed by atoms with Gasteiger partial charge in [-0.2, -0.15) is 5.26 Å². The SMILES string of the molecule is Cc1cc2[nH]c(=O)c(N)c(-c3ccc(F)c(N)c3C=N)c2nc1C#N. The Morgan fingerprint density at radius 2 is 2.08 bits per heavy atom. The Labute approximate surface area is 141 Å². The quantitative estimate of drug-likeness (QED) is 0.418. The van der Waals surface area contributed by atoms with Crippen molar-refractivity contribution in [3.63, 3.8) is 0 Å². The zero-order valence-electron chi connectivity index (χ0n) is 13.1. The molecule has 2 heterocycles. The van der Waals surface area contributed by atoms with E-state index in [1.165, 1.54) is 6.07 Å². The van der Waals surface area contributed by atoms with Crippen LogP contribution in [0.5, 0.6) is 0 Å². The van der Waals surface area contributed by atoms with Crippen LogP contribution < -0.4 is 17.0 Å². The van der Waals surface area contributed by atoms with Crippen molar-refractivity contribution in [3.05, 3.63) is 51.2 Å². The average Bonchev–Trinajstić information content (AvgIpc) is 2.59. The van der Waals surface area contributed by atoms with Gasteiger partial charge in [0.15, 0.2) is 0 Å². The van der Waals surface area contributed by atoms with E-state index in [1.807, 2.05) is 6.07 Å². The smallest absolute Gasteiger partial charge is 0.272 e. The van der Waals surface area contributed by atoms with Gasteiger partial charge in [-0.1, -0.05) is 6.07 Å². The van der Waals surface area contributed by atoms with Crippen molar-refractivity contribution in [1.82, 2.24) is 9.97 Å². The highest BCUT2D eigenvalue weighted by molar-refractivity contribution is 6.05. The standard InChI is InChI=1S/C17H13FN6O/c1-7-4-11-16(23-12(7)6-20)13(15(22)17(25)24-11)8-2-3-10(18)14(21)9(8)5-19/h2-5,19H,21-22H2,1H3,(H,24,25). The molecule has 0 aliphatic carbocycles. The normalized spacial score (nSPS) is 10.6. The maximum Gasteiger partial charge on any atom is 0.272 e. The summed E-state index contributed by atoms with van der Waals surface area (Å²) in [5, 5.41) is 16.8. The van der Waals surface area contributed by atoms with E-state index in [2.05, 4.69) is 9.97 Å². The number of aromatic nitrogens is 2. The monoisotopic (exact) mass is 336 g/mol. The van der Waals surface area contributed by atoms with Crippen LogP contribution in [0.1, 0.15) is 16.8 Å². The number of nitrogen functional groups attached to an aromatic ring is 2. The molecule has 3 rings (SSSR count). The van der Waals surface area contributed by atoms with E-state index in [0.29, 0.717) is 16.6 Å². The second-order valence-corrected chi connectivity index (χ2v) is 5.47. The maximum absolute atomic E-state index is 13.7. The zero-order chi connectivity index (χ0) is 18.3. The van der Waals surface area contributed by atoms with Crippen LogP contribution in [0.25, 0.3) is 22.2 Å². The van der Waals surface area contributed by atoms with Gasteiger partial charge in [0.25, 0.3) is 5.56 Å². The van der Waals surface area contributed by atoms with Crippen molar-refractivity contribution >= 4 is 28.6 Å². The Kier molecular flexibility index (Phi) is 3.69. The minimum Gasteiger partial charge on any atom is -0.396 e. The summed E-state index contributed by atoms with van der Waals surface area (Å²) in [5.41, 5.74) is 12.7. The first-order valence-electron chi connectivity index (χ1n) is 7.21. The van der Waals surface area contributed by atoms with Gasteiger partial charge in [0.05, 0.1) is 16.7 Å². The lowest BCUT2D eigenvalue weighted by atomic mass is 9.96. The summed E-state index contributed by atoms with van der Waals surface area (Å²) in [5.74, 6) is -0.684.